The van der Waals surface area contributed by atoms with E-state index in [-0.39, 0.29) is 23.5 Å². The summed E-state index contributed by atoms with van der Waals surface area (Å²) in [5.74, 6) is -1.00. The lowest BCUT2D eigenvalue weighted by Gasteiger charge is -2.33. The summed E-state index contributed by atoms with van der Waals surface area (Å²) < 4.78 is 47.2. The van der Waals surface area contributed by atoms with Gasteiger partial charge in [-0.1, -0.05) is 43.3 Å². The number of anilines is 1. The van der Waals surface area contributed by atoms with E-state index in [0.717, 1.165) is 4.31 Å². The quantitative estimate of drug-likeness (QED) is 0.411. The smallest absolute Gasteiger partial charge is 0.264 e. The van der Waals surface area contributed by atoms with E-state index in [1.165, 1.54) is 61.5 Å². The molecular formula is C27H30FN3O5S. The van der Waals surface area contributed by atoms with Crippen LogP contribution in [0.25, 0.3) is 0 Å². The molecular weight excluding hydrogens is 497 g/mol. The standard InChI is InChI=1S/C27H30FN3O5S/c1-4-25(27(33)29-2)30(18-20-13-15-21(28)16-14-20)26(32)19-31(22-9-8-10-23(17-22)36-3)37(34,35)24-11-6-5-7-12-24/h5-17,25H,4,18-19H2,1-3H3,(H,29,33)/t25-/m1/s1. The first-order chi connectivity index (χ1) is 17.7. The number of hydrogen-bond donors (Lipinski definition) is 1. The normalized spacial score (nSPS) is 11.9. The number of likely N-dealkylation sites (N-methyl/N-ethyl adjacent to an activating group) is 1. The Hall–Kier alpha value is -3.92. The Labute approximate surface area is 216 Å². The Morgan fingerprint density at radius 3 is 2.27 bits per heavy atom. The van der Waals surface area contributed by atoms with Crippen molar-refractivity contribution in [2.45, 2.75) is 30.8 Å². The zero-order chi connectivity index (χ0) is 27.0. The average Bonchev–Trinajstić information content (AvgIpc) is 2.92. The van der Waals surface area contributed by atoms with Gasteiger partial charge in [0.05, 0.1) is 17.7 Å². The topological polar surface area (TPSA) is 96.0 Å². The van der Waals surface area contributed by atoms with E-state index in [2.05, 4.69) is 5.32 Å². The molecule has 1 N–H and O–H groups in total. The molecule has 3 rings (SSSR count). The van der Waals surface area contributed by atoms with Crippen LogP contribution in [0.5, 0.6) is 5.75 Å². The molecule has 0 aliphatic carbocycles. The molecule has 0 fully saturated rings. The van der Waals surface area contributed by atoms with E-state index in [4.69, 9.17) is 4.74 Å². The van der Waals surface area contributed by atoms with E-state index in [0.29, 0.717) is 11.3 Å². The van der Waals surface area contributed by atoms with Crippen LogP contribution in [0.1, 0.15) is 18.9 Å². The highest BCUT2D eigenvalue weighted by atomic mass is 32.2. The van der Waals surface area contributed by atoms with E-state index in [1.807, 2.05) is 0 Å². The van der Waals surface area contributed by atoms with Crippen molar-refractivity contribution < 1.29 is 27.1 Å². The Morgan fingerprint density at radius 2 is 1.68 bits per heavy atom. The number of sulfonamides is 1. The molecule has 0 heterocycles. The Balaban J connectivity index is 2.06. The summed E-state index contributed by atoms with van der Waals surface area (Å²) in [6.45, 7) is 1.17. The van der Waals surface area contributed by atoms with Crippen molar-refractivity contribution in [3.05, 3.63) is 90.2 Å². The molecule has 0 saturated carbocycles. The highest BCUT2D eigenvalue weighted by Gasteiger charge is 2.33. The number of methoxy groups -OCH3 is 1. The molecule has 196 valence electrons. The van der Waals surface area contributed by atoms with Crippen LogP contribution < -0.4 is 14.4 Å². The van der Waals surface area contributed by atoms with Gasteiger partial charge in [-0.25, -0.2) is 12.8 Å². The second kappa shape index (κ2) is 12.4. The number of halogens is 1. The maximum atomic E-state index is 13.8. The highest BCUT2D eigenvalue weighted by molar-refractivity contribution is 7.92. The molecule has 8 nitrogen and oxygen atoms in total. The molecule has 0 aliphatic rings. The molecule has 1 atom stereocenters. The summed E-state index contributed by atoms with van der Waals surface area (Å²) >= 11 is 0. The first kappa shape index (κ1) is 27.7. The predicted molar refractivity (Wildman–Crippen MR) is 139 cm³/mol. The van der Waals surface area contributed by atoms with Crippen LogP contribution in [0.2, 0.25) is 0 Å². The Kier molecular flexibility index (Phi) is 9.24. The largest absolute Gasteiger partial charge is 0.497 e. The van der Waals surface area contributed by atoms with Gasteiger partial charge < -0.3 is 15.0 Å². The van der Waals surface area contributed by atoms with Gasteiger partial charge in [0.15, 0.2) is 0 Å². The van der Waals surface area contributed by atoms with Gasteiger partial charge in [0, 0.05) is 19.7 Å². The van der Waals surface area contributed by atoms with Gasteiger partial charge in [0.1, 0.15) is 24.2 Å². The van der Waals surface area contributed by atoms with Gasteiger partial charge in [-0.05, 0) is 48.4 Å². The van der Waals surface area contributed by atoms with Crippen molar-refractivity contribution in [3.63, 3.8) is 0 Å². The number of nitrogens with zero attached hydrogens (tertiary/aromatic N) is 2. The lowest BCUT2D eigenvalue weighted by Crippen LogP contribution is -2.51. The van der Waals surface area contributed by atoms with Gasteiger partial charge in [-0.15, -0.1) is 0 Å². The third-order valence-electron chi connectivity index (χ3n) is 5.85. The maximum absolute atomic E-state index is 13.8. The van der Waals surface area contributed by atoms with Crippen LogP contribution in [0.15, 0.2) is 83.8 Å². The molecule has 3 aromatic carbocycles. The van der Waals surface area contributed by atoms with E-state index >= 15 is 0 Å². The summed E-state index contributed by atoms with van der Waals surface area (Å²) in [6.07, 6.45) is 0.289. The zero-order valence-electron chi connectivity index (χ0n) is 20.9. The number of ether oxygens (including phenoxy) is 1. The molecule has 0 aliphatic heterocycles. The molecule has 10 heteroatoms. The maximum Gasteiger partial charge on any atom is 0.264 e. The minimum Gasteiger partial charge on any atom is -0.497 e. The van der Waals surface area contributed by atoms with Crippen LogP contribution >= 0.6 is 0 Å². The van der Waals surface area contributed by atoms with Crippen molar-refractivity contribution in [1.82, 2.24) is 10.2 Å². The van der Waals surface area contributed by atoms with Crippen LogP contribution in [-0.4, -0.2) is 51.9 Å². The summed E-state index contributed by atoms with van der Waals surface area (Å²) in [5, 5.41) is 2.56. The highest BCUT2D eigenvalue weighted by Crippen LogP contribution is 2.27. The summed E-state index contributed by atoms with van der Waals surface area (Å²) in [6, 6.07) is 18.9. The lowest BCUT2D eigenvalue weighted by atomic mass is 10.1. The number of amides is 2. The van der Waals surface area contributed by atoms with Gasteiger partial charge in [-0.2, -0.15) is 0 Å². The van der Waals surface area contributed by atoms with Crippen LogP contribution in [0.4, 0.5) is 10.1 Å². The number of carbonyl (C=O) groups is 2. The van der Waals surface area contributed by atoms with E-state index in [9.17, 15) is 22.4 Å². The van der Waals surface area contributed by atoms with E-state index in [1.54, 1.807) is 43.3 Å². The van der Waals surface area contributed by atoms with Crippen LogP contribution in [0.3, 0.4) is 0 Å². The van der Waals surface area contributed by atoms with Crippen molar-refractivity contribution in [3.8, 4) is 5.75 Å². The van der Waals surface area contributed by atoms with Gasteiger partial charge in [0.2, 0.25) is 11.8 Å². The van der Waals surface area contributed by atoms with Crippen molar-refractivity contribution in [1.29, 1.82) is 0 Å². The molecule has 2 amide bonds. The number of benzene rings is 3. The second-order valence-electron chi connectivity index (χ2n) is 8.21. The minimum atomic E-state index is -4.16. The third kappa shape index (κ3) is 6.65. The fraction of sp³-hybridized carbons (Fsp3) is 0.259. The Morgan fingerprint density at radius 1 is 1.00 bits per heavy atom. The molecule has 37 heavy (non-hydrogen) atoms. The molecule has 0 unspecified atom stereocenters. The fourth-order valence-electron chi connectivity index (χ4n) is 3.89. The number of rotatable bonds is 11. The monoisotopic (exact) mass is 527 g/mol. The predicted octanol–water partition coefficient (Wildman–Crippen LogP) is 3.58. The molecule has 0 radical (unpaired) electrons. The summed E-state index contributed by atoms with van der Waals surface area (Å²) in [5.41, 5.74) is 0.822. The molecule has 0 saturated heterocycles. The third-order valence-corrected chi connectivity index (χ3v) is 7.64. The second-order valence-corrected chi connectivity index (χ2v) is 10.1. The first-order valence-electron chi connectivity index (χ1n) is 11.7. The number of nitrogens with one attached hydrogen (secondary N) is 1. The number of carbonyl (C=O) groups excluding carboxylic acids is 2. The lowest BCUT2D eigenvalue weighted by molar-refractivity contribution is -0.140. The average molecular weight is 528 g/mol. The van der Waals surface area contributed by atoms with Crippen molar-refractivity contribution >= 4 is 27.5 Å². The van der Waals surface area contributed by atoms with E-state index < -0.39 is 40.2 Å². The molecule has 3 aromatic rings. The Bertz CT molecular complexity index is 1320. The molecule has 0 bridgehead atoms. The molecule has 0 spiro atoms. The summed E-state index contributed by atoms with van der Waals surface area (Å²) in [4.78, 5) is 27.8. The van der Waals surface area contributed by atoms with Crippen LogP contribution in [0, 0.1) is 5.82 Å². The number of hydrogen-bond acceptors (Lipinski definition) is 5. The molecule has 0 aromatic heterocycles. The van der Waals surface area contributed by atoms with Crippen molar-refractivity contribution in [2.24, 2.45) is 0 Å². The zero-order valence-corrected chi connectivity index (χ0v) is 21.7. The SMILES string of the molecule is CC[C@H](C(=O)NC)N(Cc1ccc(F)cc1)C(=O)CN(c1cccc(OC)c1)S(=O)(=O)c1ccccc1. The van der Waals surface area contributed by atoms with Gasteiger partial charge >= 0.3 is 0 Å². The van der Waals surface area contributed by atoms with Crippen LogP contribution in [-0.2, 0) is 26.2 Å². The minimum absolute atomic E-state index is 0.00838. The summed E-state index contributed by atoms with van der Waals surface area (Å²) in [7, 11) is -1.24. The van der Waals surface area contributed by atoms with Gasteiger partial charge in [0.25, 0.3) is 10.0 Å². The first-order valence-corrected chi connectivity index (χ1v) is 13.1. The van der Waals surface area contributed by atoms with Crippen molar-refractivity contribution in [2.75, 3.05) is 25.0 Å². The van der Waals surface area contributed by atoms with Gasteiger partial charge in [-0.3, -0.25) is 13.9 Å². The fourth-order valence-corrected chi connectivity index (χ4v) is 5.31.